The van der Waals surface area contributed by atoms with Crippen molar-refractivity contribution >= 4 is 60.5 Å². The maximum absolute atomic E-state index is 13.2. The summed E-state index contributed by atoms with van der Waals surface area (Å²) in [5, 5.41) is 3.03. The molecule has 2 aromatic carbocycles. The van der Waals surface area contributed by atoms with Crippen LogP contribution in [0.4, 0.5) is 11.4 Å². The number of sulfonamides is 1. The van der Waals surface area contributed by atoms with Crippen LogP contribution < -0.4 is 19.2 Å². The summed E-state index contributed by atoms with van der Waals surface area (Å²) in [7, 11) is -2.36. The number of ether oxygens (including phenoxy) is 1. The molecule has 8 nitrogen and oxygen atoms in total. The summed E-state index contributed by atoms with van der Waals surface area (Å²) in [4.78, 5) is 25.4. The molecule has 3 rings (SSSR count). The predicted molar refractivity (Wildman–Crippen MR) is 135 cm³/mol. The molecule has 0 saturated carbocycles. The lowest BCUT2D eigenvalue weighted by molar-refractivity contribution is -0.117. The van der Waals surface area contributed by atoms with E-state index in [1.54, 1.807) is 41.8 Å². The highest BCUT2D eigenvalue weighted by molar-refractivity contribution is 7.92. The summed E-state index contributed by atoms with van der Waals surface area (Å²) in [6.45, 7) is 5.59. The average Bonchev–Trinajstić information content (AvgIpc) is 3.05. The molecule has 178 valence electrons. The van der Waals surface area contributed by atoms with E-state index in [4.69, 9.17) is 16.3 Å². The highest BCUT2D eigenvalue weighted by Crippen LogP contribution is 2.32. The zero-order chi connectivity index (χ0) is 24.5. The molecule has 0 saturated heterocycles. The van der Waals surface area contributed by atoms with Crippen LogP contribution >= 0.6 is 22.9 Å². The molecule has 0 aliphatic rings. The van der Waals surface area contributed by atoms with Crippen molar-refractivity contribution in [2.24, 2.45) is 0 Å². The number of nitrogens with zero attached hydrogens (tertiary/aromatic N) is 2. The number of hydrogen-bond acceptors (Lipinski definition) is 6. The first-order valence-electron chi connectivity index (χ1n) is 10.3. The van der Waals surface area contributed by atoms with Gasteiger partial charge in [0.2, 0.25) is 15.9 Å². The molecular formula is C22H26ClN3O5S2. The van der Waals surface area contributed by atoms with E-state index in [-0.39, 0.29) is 28.0 Å². The maximum Gasteiger partial charge on any atom is 0.308 e. The summed E-state index contributed by atoms with van der Waals surface area (Å²) in [6.07, 6.45) is 1.26. The largest absolute Gasteiger partial charge is 0.495 e. The van der Waals surface area contributed by atoms with Gasteiger partial charge in [-0.2, -0.15) is 0 Å². The number of carbonyl (C=O) groups excluding carboxylic acids is 1. The van der Waals surface area contributed by atoms with Crippen LogP contribution in [0.15, 0.2) is 41.2 Å². The lowest BCUT2D eigenvalue weighted by atomic mass is 10.1. The van der Waals surface area contributed by atoms with Crippen molar-refractivity contribution in [3.63, 3.8) is 0 Å². The molecule has 0 spiro atoms. The van der Waals surface area contributed by atoms with E-state index in [1.807, 2.05) is 13.8 Å². The minimum atomic E-state index is -3.82. The fourth-order valence-electron chi connectivity index (χ4n) is 3.68. The Bertz CT molecular complexity index is 1350. The van der Waals surface area contributed by atoms with E-state index in [1.165, 1.54) is 13.2 Å². The standard InChI is InChI=1S/C22H26ClN3O5S2/c1-6-17(26(33(5,29)30)15-8-10-19(31-4)16(23)12-15)21(27)24-14-7-9-18-20(11-14)32-22(28)25(18)13(2)3/h7-13,17H,6H2,1-5H3,(H,24,27)/t17-/m1/s1. The summed E-state index contributed by atoms with van der Waals surface area (Å²) in [5.74, 6) is -0.100. The molecule has 11 heteroatoms. The average molecular weight is 512 g/mol. The Morgan fingerprint density at radius 2 is 1.94 bits per heavy atom. The van der Waals surface area contributed by atoms with Crippen molar-refractivity contribution in [1.29, 1.82) is 0 Å². The van der Waals surface area contributed by atoms with Crippen LogP contribution in [0.25, 0.3) is 10.2 Å². The van der Waals surface area contributed by atoms with Gasteiger partial charge in [0.05, 0.1) is 34.3 Å². The molecule has 1 atom stereocenters. The van der Waals surface area contributed by atoms with Crippen molar-refractivity contribution in [2.75, 3.05) is 23.0 Å². The third kappa shape index (κ3) is 5.18. The molecule has 0 fully saturated rings. The van der Waals surface area contributed by atoms with Crippen molar-refractivity contribution < 1.29 is 17.9 Å². The topological polar surface area (TPSA) is 97.7 Å². The van der Waals surface area contributed by atoms with E-state index >= 15 is 0 Å². The molecule has 1 heterocycles. The Morgan fingerprint density at radius 3 is 2.48 bits per heavy atom. The zero-order valence-electron chi connectivity index (χ0n) is 19.0. The van der Waals surface area contributed by atoms with E-state index in [2.05, 4.69) is 5.32 Å². The van der Waals surface area contributed by atoms with Gasteiger partial charge in [-0.05, 0) is 56.7 Å². The molecular weight excluding hydrogens is 486 g/mol. The fourth-order valence-corrected chi connectivity index (χ4v) is 6.19. The number of fused-ring (bicyclic) bond motifs is 1. The van der Waals surface area contributed by atoms with Crippen molar-refractivity contribution in [3.05, 3.63) is 51.1 Å². The van der Waals surface area contributed by atoms with Crippen molar-refractivity contribution in [2.45, 2.75) is 39.3 Å². The number of rotatable bonds is 8. The number of amides is 1. The highest BCUT2D eigenvalue weighted by atomic mass is 35.5. The van der Waals surface area contributed by atoms with E-state index < -0.39 is 22.0 Å². The second-order valence-electron chi connectivity index (χ2n) is 7.81. The SMILES string of the molecule is CC[C@H](C(=O)Nc1ccc2c(c1)sc(=O)n2C(C)C)N(c1ccc(OC)c(Cl)c1)S(C)(=O)=O. The summed E-state index contributed by atoms with van der Waals surface area (Å²) in [5.41, 5.74) is 1.52. The van der Waals surface area contributed by atoms with Crippen molar-refractivity contribution in [3.8, 4) is 5.75 Å². The summed E-state index contributed by atoms with van der Waals surface area (Å²) >= 11 is 7.30. The van der Waals surface area contributed by atoms with Crippen LogP contribution in [0, 0.1) is 0 Å². The van der Waals surface area contributed by atoms with Crippen LogP contribution in [-0.2, 0) is 14.8 Å². The molecule has 33 heavy (non-hydrogen) atoms. The van der Waals surface area contributed by atoms with Gasteiger partial charge in [0.15, 0.2) is 0 Å². The second-order valence-corrected chi connectivity index (χ2v) is 11.1. The van der Waals surface area contributed by atoms with E-state index in [9.17, 15) is 18.0 Å². The molecule has 3 aromatic rings. The zero-order valence-corrected chi connectivity index (χ0v) is 21.3. The molecule has 1 N–H and O–H groups in total. The van der Waals surface area contributed by atoms with Gasteiger partial charge in [-0.15, -0.1) is 0 Å². The normalized spacial score (nSPS) is 12.7. The quantitative estimate of drug-likeness (QED) is 0.480. The highest BCUT2D eigenvalue weighted by Gasteiger charge is 2.32. The molecule has 0 unspecified atom stereocenters. The molecule has 1 aromatic heterocycles. The number of aromatic nitrogens is 1. The number of carbonyl (C=O) groups is 1. The first-order valence-corrected chi connectivity index (χ1v) is 13.3. The number of benzene rings is 2. The van der Waals surface area contributed by atoms with Gasteiger partial charge in [0, 0.05) is 11.7 Å². The molecule has 0 bridgehead atoms. The first-order chi connectivity index (χ1) is 15.5. The molecule has 0 aliphatic carbocycles. The fraction of sp³-hybridized carbons (Fsp3) is 0.364. The van der Waals surface area contributed by atoms with Crippen LogP contribution in [0.3, 0.4) is 0 Å². The Balaban J connectivity index is 1.96. The number of hydrogen-bond donors (Lipinski definition) is 1. The summed E-state index contributed by atoms with van der Waals surface area (Å²) in [6, 6.07) is 8.74. The molecule has 0 aliphatic heterocycles. The van der Waals surface area contributed by atoms with E-state index in [0.29, 0.717) is 11.4 Å². The van der Waals surface area contributed by atoms with Crippen LogP contribution in [0.1, 0.15) is 33.2 Å². The van der Waals surface area contributed by atoms with Gasteiger partial charge in [-0.25, -0.2) is 8.42 Å². The van der Waals surface area contributed by atoms with Gasteiger partial charge in [0.25, 0.3) is 0 Å². The van der Waals surface area contributed by atoms with Crippen molar-refractivity contribution in [1.82, 2.24) is 4.57 Å². The third-order valence-electron chi connectivity index (χ3n) is 5.12. The Morgan fingerprint density at radius 1 is 1.24 bits per heavy atom. The van der Waals surface area contributed by atoms with Gasteiger partial charge >= 0.3 is 4.87 Å². The molecule has 1 amide bonds. The summed E-state index contributed by atoms with van der Waals surface area (Å²) < 4.78 is 34.0. The van der Waals surface area contributed by atoms with Crippen LogP contribution in [0.2, 0.25) is 5.02 Å². The van der Waals surface area contributed by atoms with Crippen LogP contribution in [0.5, 0.6) is 5.75 Å². The number of halogens is 1. The number of nitrogens with one attached hydrogen (secondary N) is 1. The number of methoxy groups -OCH3 is 1. The lowest BCUT2D eigenvalue weighted by Gasteiger charge is -2.30. The maximum atomic E-state index is 13.2. The predicted octanol–water partition coefficient (Wildman–Crippen LogP) is 4.49. The Kier molecular flexibility index (Phi) is 7.40. The smallest absolute Gasteiger partial charge is 0.308 e. The minimum Gasteiger partial charge on any atom is -0.495 e. The van der Waals surface area contributed by atoms with E-state index in [0.717, 1.165) is 32.1 Å². The van der Waals surface area contributed by atoms with Gasteiger partial charge in [0.1, 0.15) is 11.8 Å². The third-order valence-corrected chi connectivity index (χ3v) is 7.51. The minimum absolute atomic E-state index is 0.0100. The van der Waals surface area contributed by atoms with Crippen LogP contribution in [-0.4, -0.2) is 38.3 Å². The van der Waals surface area contributed by atoms with Gasteiger partial charge in [-0.3, -0.25) is 18.5 Å². The first kappa shape index (κ1) is 25.1. The number of thiazole rings is 1. The molecule has 0 radical (unpaired) electrons. The number of anilines is 2. The lowest BCUT2D eigenvalue weighted by Crippen LogP contribution is -2.47. The second kappa shape index (κ2) is 9.74. The Hall–Kier alpha value is -2.56. The van der Waals surface area contributed by atoms with Gasteiger partial charge in [-0.1, -0.05) is 29.9 Å². The van der Waals surface area contributed by atoms with Gasteiger partial charge < -0.3 is 10.1 Å². The Labute approximate surface area is 201 Å². The monoisotopic (exact) mass is 511 g/mol.